The molecule has 0 atom stereocenters. The van der Waals surface area contributed by atoms with Crippen LogP contribution < -0.4 is 10.2 Å². The quantitative estimate of drug-likeness (QED) is 0.217. The van der Waals surface area contributed by atoms with E-state index in [1.54, 1.807) is 37.3 Å². The summed E-state index contributed by atoms with van der Waals surface area (Å²) in [5, 5.41) is 15.2. The summed E-state index contributed by atoms with van der Waals surface area (Å²) in [6, 6.07) is 11.7. The van der Waals surface area contributed by atoms with Gasteiger partial charge in [0.15, 0.2) is 0 Å². The molecule has 0 saturated carbocycles. The van der Waals surface area contributed by atoms with Crippen LogP contribution in [0.25, 0.3) is 11.3 Å². The van der Waals surface area contributed by atoms with Gasteiger partial charge in [-0.3, -0.25) is 14.9 Å². The third kappa shape index (κ3) is 4.67. The number of carbonyl (C=O) groups excluding carboxylic acids is 1. The zero-order chi connectivity index (χ0) is 21.8. The first-order valence-corrected chi connectivity index (χ1v) is 9.91. The van der Waals surface area contributed by atoms with Crippen molar-refractivity contribution in [3.63, 3.8) is 0 Å². The number of aryl methyl sites for hydroxylation is 1. The predicted molar refractivity (Wildman–Crippen MR) is 121 cm³/mol. The molecule has 1 aromatic heterocycles. The fraction of sp³-hybridized carbons (Fsp3) is 0.143. The lowest BCUT2D eigenvalue weighted by molar-refractivity contribution is -0.385. The van der Waals surface area contributed by atoms with Gasteiger partial charge in [-0.1, -0.05) is 0 Å². The maximum Gasteiger partial charge on any atom is 0.273 e. The Morgan fingerprint density at radius 3 is 2.70 bits per heavy atom. The van der Waals surface area contributed by atoms with Gasteiger partial charge in [0, 0.05) is 22.8 Å². The van der Waals surface area contributed by atoms with Gasteiger partial charge in [-0.05, 0) is 78.4 Å². The third-order valence-electron chi connectivity index (χ3n) is 4.52. The predicted octanol–water partition coefficient (Wildman–Crippen LogP) is 4.85. The lowest BCUT2D eigenvalue weighted by atomic mass is 10.0. The van der Waals surface area contributed by atoms with Crippen molar-refractivity contribution >= 4 is 40.4 Å². The smallest absolute Gasteiger partial charge is 0.273 e. The summed E-state index contributed by atoms with van der Waals surface area (Å²) >= 11 is 2.12. The van der Waals surface area contributed by atoms with E-state index in [0.717, 1.165) is 9.13 Å². The topological polar surface area (TPSA) is 107 Å². The lowest BCUT2D eigenvalue weighted by Crippen LogP contribution is -2.17. The van der Waals surface area contributed by atoms with E-state index in [2.05, 4.69) is 33.1 Å². The molecule has 0 saturated heterocycles. The number of furan rings is 1. The number of benzene rings is 2. The van der Waals surface area contributed by atoms with Gasteiger partial charge >= 0.3 is 0 Å². The highest BCUT2D eigenvalue weighted by molar-refractivity contribution is 14.1. The molecule has 0 aliphatic rings. The van der Waals surface area contributed by atoms with Gasteiger partial charge in [-0.15, -0.1) is 0 Å². The van der Waals surface area contributed by atoms with Gasteiger partial charge in [-0.25, -0.2) is 5.43 Å². The molecule has 0 spiro atoms. The van der Waals surface area contributed by atoms with Crippen LogP contribution >= 0.6 is 22.6 Å². The van der Waals surface area contributed by atoms with Gasteiger partial charge in [0.05, 0.1) is 21.8 Å². The van der Waals surface area contributed by atoms with E-state index in [1.165, 1.54) is 19.4 Å². The number of hydrogen-bond donors (Lipinski definition) is 1. The molecule has 1 amide bonds. The summed E-state index contributed by atoms with van der Waals surface area (Å²) in [4.78, 5) is 23.1. The maximum atomic E-state index is 12.2. The van der Waals surface area contributed by atoms with Crippen molar-refractivity contribution in [2.45, 2.75) is 13.8 Å². The normalized spacial score (nSPS) is 10.9. The van der Waals surface area contributed by atoms with Crippen molar-refractivity contribution in [3.8, 4) is 17.1 Å². The highest BCUT2D eigenvalue weighted by Gasteiger charge is 2.16. The fourth-order valence-electron chi connectivity index (χ4n) is 2.77. The van der Waals surface area contributed by atoms with E-state index in [1.807, 2.05) is 13.0 Å². The highest BCUT2D eigenvalue weighted by atomic mass is 127. The maximum absolute atomic E-state index is 12.2. The largest absolute Gasteiger partial charge is 0.496 e. The third-order valence-corrected chi connectivity index (χ3v) is 5.41. The molecule has 0 unspecified atom stereocenters. The Morgan fingerprint density at radius 2 is 2.00 bits per heavy atom. The number of hydrogen-bond acceptors (Lipinski definition) is 6. The number of methoxy groups -OCH3 is 1. The van der Waals surface area contributed by atoms with Gasteiger partial charge in [-0.2, -0.15) is 5.10 Å². The highest BCUT2D eigenvalue weighted by Crippen LogP contribution is 2.30. The molecule has 0 bridgehead atoms. The number of nitrogens with zero attached hydrogens (tertiary/aromatic N) is 2. The van der Waals surface area contributed by atoms with E-state index >= 15 is 0 Å². The molecule has 0 aliphatic heterocycles. The number of nitro benzene ring substituents is 1. The van der Waals surface area contributed by atoms with Crippen molar-refractivity contribution < 1.29 is 18.9 Å². The van der Waals surface area contributed by atoms with E-state index in [4.69, 9.17) is 9.15 Å². The second-order valence-electron chi connectivity index (χ2n) is 6.44. The Kier molecular flexibility index (Phi) is 6.50. The van der Waals surface area contributed by atoms with Crippen LogP contribution in [-0.2, 0) is 0 Å². The van der Waals surface area contributed by atoms with Gasteiger partial charge in [0.1, 0.15) is 17.3 Å². The number of amides is 1. The molecule has 30 heavy (non-hydrogen) atoms. The van der Waals surface area contributed by atoms with Crippen LogP contribution in [0.2, 0.25) is 0 Å². The average molecular weight is 519 g/mol. The molecule has 154 valence electrons. The molecule has 3 aromatic rings. The summed E-state index contributed by atoms with van der Waals surface area (Å²) in [5.74, 6) is 1.07. The van der Waals surface area contributed by atoms with E-state index in [-0.39, 0.29) is 5.69 Å². The Bertz CT molecular complexity index is 1150. The zero-order valence-electron chi connectivity index (χ0n) is 16.4. The number of nitro groups is 1. The van der Waals surface area contributed by atoms with Crippen molar-refractivity contribution in [2.24, 2.45) is 5.10 Å². The minimum Gasteiger partial charge on any atom is -0.496 e. The molecule has 8 nitrogen and oxygen atoms in total. The van der Waals surface area contributed by atoms with Crippen LogP contribution in [0.4, 0.5) is 5.69 Å². The molecule has 3 rings (SSSR count). The molecule has 0 fully saturated rings. The van der Waals surface area contributed by atoms with Crippen molar-refractivity contribution in [3.05, 3.63) is 78.6 Å². The summed E-state index contributed by atoms with van der Waals surface area (Å²) in [5.41, 5.74) is 4.89. The Hall–Kier alpha value is -3.21. The van der Waals surface area contributed by atoms with E-state index in [9.17, 15) is 14.9 Å². The molecule has 0 aliphatic carbocycles. The number of nitrogens with one attached hydrogen (secondary N) is 1. The number of halogens is 1. The number of ether oxygens (including phenoxy) is 1. The summed E-state index contributed by atoms with van der Waals surface area (Å²) in [6.45, 7) is 3.52. The van der Waals surface area contributed by atoms with Crippen LogP contribution in [0, 0.1) is 27.5 Å². The molecular formula is C21H18IN3O5. The average Bonchev–Trinajstić information content (AvgIpc) is 3.18. The van der Waals surface area contributed by atoms with Crippen LogP contribution in [0.15, 0.2) is 52.0 Å². The monoisotopic (exact) mass is 519 g/mol. The summed E-state index contributed by atoms with van der Waals surface area (Å²) in [6.07, 6.45) is 1.36. The van der Waals surface area contributed by atoms with E-state index < -0.39 is 10.8 Å². The SMILES string of the molecule is COc1cc(C(=O)N/N=C\c2ccc(-c3cc(C)c(C)c([N+](=O)[O-])c3)o2)ccc1I. The van der Waals surface area contributed by atoms with Crippen LogP contribution in [0.3, 0.4) is 0 Å². The molecule has 0 radical (unpaired) electrons. The number of rotatable bonds is 6. The standard InChI is InChI=1S/C21H18IN3O5/c1-12-8-15(9-18(13(12)2)25(27)28)19-7-5-16(30-19)11-23-24-21(26)14-4-6-17(22)20(10-14)29-3/h4-11H,1-3H3,(H,24,26)/b23-11-. The lowest BCUT2D eigenvalue weighted by Gasteiger charge is -2.05. The van der Waals surface area contributed by atoms with Gasteiger partial charge in [0.2, 0.25) is 0 Å². The molecule has 2 aromatic carbocycles. The fourth-order valence-corrected chi connectivity index (χ4v) is 3.33. The van der Waals surface area contributed by atoms with Crippen LogP contribution in [-0.4, -0.2) is 24.2 Å². The first-order valence-electron chi connectivity index (χ1n) is 8.83. The number of carbonyl (C=O) groups is 1. The molecule has 9 heteroatoms. The zero-order valence-corrected chi connectivity index (χ0v) is 18.6. The minimum atomic E-state index is -0.410. The molecular weight excluding hydrogens is 501 g/mol. The molecule has 1 heterocycles. The van der Waals surface area contributed by atoms with Gasteiger partial charge < -0.3 is 9.15 Å². The minimum absolute atomic E-state index is 0.0387. The Balaban J connectivity index is 1.74. The first-order chi connectivity index (χ1) is 14.3. The van der Waals surface area contributed by atoms with Crippen molar-refractivity contribution in [2.75, 3.05) is 7.11 Å². The number of hydrazone groups is 1. The van der Waals surface area contributed by atoms with Crippen molar-refractivity contribution in [1.82, 2.24) is 5.43 Å². The Labute approximate surface area is 186 Å². The second kappa shape index (κ2) is 9.08. The van der Waals surface area contributed by atoms with Crippen molar-refractivity contribution in [1.29, 1.82) is 0 Å². The van der Waals surface area contributed by atoms with Gasteiger partial charge in [0.25, 0.3) is 11.6 Å². The summed E-state index contributed by atoms with van der Waals surface area (Å²) in [7, 11) is 1.54. The first kappa shape index (κ1) is 21.5. The van der Waals surface area contributed by atoms with E-state index in [0.29, 0.717) is 34.0 Å². The summed E-state index contributed by atoms with van der Waals surface area (Å²) < 4.78 is 11.8. The Morgan fingerprint density at radius 1 is 1.23 bits per heavy atom. The molecule has 1 N–H and O–H groups in total. The second-order valence-corrected chi connectivity index (χ2v) is 7.61. The van der Waals surface area contributed by atoms with Crippen LogP contribution in [0.5, 0.6) is 5.75 Å². The van der Waals surface area contributed by atoms with Crippen LogP contribution in [0.1, 0.15) is 27.2 Å².